The molecule has 1 heterocycles. The van der Waals surface area contributed by atoms with Gasteiger partial charge in [-0.2, -0.15) is 0 Å². The van der Waals surface area contributed by atoms with Crippen molar-refractivity contribution in [1.82, 2.24) is 4.98 Å². The van der Waals surface area contributed by atoms with Crippen LogP contribution in [0.25, 0.3) is 6.08 Å². The van der Waals surface area contributed by atoms with Crippen LogP contribution in [0.3, 0.4) is 0 Å². The first kappa shape index (κ1) is 9.38. The topological polar surface area (TPSA) is 25.2 Å². The van der Waals surface area contributed by atoms with Gasteiger partial charge in [-0.3, -0.25) is 9.98 Å². The molecule has 2 nitrogen and oxygen atoms in total. The minimum atomic E-state index is 0.856. The zero-order valence-corrected chi connectivity index (χ0v) is 8.95. The molecule has 0 atom stereocenters. The van der Waals surface area contributed by atoms with E-state index in [1.54, 1.807) is 6.20 Å². The van der Waals surface area contributed by atoms with Gasteiger partial charge in [0.2, 0.25) is 0 Å². The fourth-order valence-electron chi connectivity index (χ4n) is 0.807. The maximum Gasteiger partial charge on any atom is 0.102 e. The van der Waals surface area contributed by atoms with Crippen LogP contribution >= 0.6 is 22.6 Å². The van der Waals surface area contributed by atoms with E-state index < -0.39 is 0 Å². The van der Waals surface area contributed by atoms with Gasteiger partial charge in [0.25, 0.3) is 0 Å². The predicted octanol–water partition coefficient (Wildman–Crippen LogP) is 2.82. The van der Waals surface area contributed by atoms with Crippen LogP contribution in [0.15, 0.2) is 27.0 Å². The molecule has 0 aliphatic heterocycles. The smallest absolute Gasteiger partial charge is 0.102 e. The lowest BCUT2D eigenvalue weighted by molar-refractivity contribution is 1.23. The maximum absolute atomic E-state index is 4.20. The fraction of sp³-hybridized carbons (Fsp3) is 0.111. The van der Waals surface area contributed by atoms with E-state index in [1.165, 1.54) is 0 Å². The maximum atomic E-state index is 4.20. The average molecular weight is 272 g/mol. The summed E-state index contributed by atoms with van der Waals surface area (Å²) in [6, 6.07) is 3.94. The average Bonchev–Trinajstić information content (AvgIpc) is 2.09. The summed E-state index contributed by atoms with van der Waals surface area (Å²) in [5, 5.41) is 0. The van der Waals surface area contributed by atoms with Gasteiger partial charge < -0.3 is 0 Å². The third kappa shape index (κ3) is 2.41. The molecule has 0 saturated heterocycles. The first-order chi connectivity index (χ1) is 5.74. The Bertz CT molecular complexity index is 318. The molecule has 0 unspecified atom stereocenters. The summed E-state index contributed by atoms with van der Waals surface area (Å²) < 4.78 is 0.856. The summed E-state index contributed by atoms with van der Waals surface area (Å²) in [6.45, 7) is 5.45. The number of hydrogen-bond acceptors (Lipinski definition) is 2. The van der Waals surface area contributed by atoms with Gasteiger partial charge in [0, 0.05) is 6.20 Å². The lowest BCUT2D eigenvalue weighted by Crippen LogP contribution is -1.84. The molecule has 1 aromatic rings. The normalized spacial score (nSPS) is 11.3. The van der Waals surface area contributed by atoms with Gasteiger partial charge in [0.1, 0.15) is 3.70 Å². The third-order valence-corrected chi connectivity index (χ3v) is 2.11. The summed E-state index contributed by atoms with van der Waals surface area (Å²) in [7, 11) is 0. The molecule has 0 N–H and O–H groups in total. The predicted molar refractivity (Wildman–Crippen MR) is 60.5 cm³/mol. The van der Waals surface area contributed by atoms with E-state index in [4.69, 9.17) is 0 Å². The van der Waals surface area contributed by atoms with Crippen LogP contribution in [0, 0.1) is 6.92 Å². The number of pyridine rings is 1. The van der Waals surface area contributed by atoms with Crippen LogP contribution in [0.4, 0.5) is 0 Å². The summed E-state index contributed by atoms with van der Waals surface area (Å²) >= 11 is 2.12. The number of hydrogen-bond donors (Lipinski definition) is 0. The zero-order chi connectivity index (χ0) is 8.97. The van der Waals surface area contributed by atoms with Gasteiger partial charge in [0.05, 0.1) is 5.69 Å². The summed E-state index contributed by atoms with van der Waals surface area (Å²) in [4.78, 5) is 7.98. The fourth-order valence-corrected chi connectivity index (χ4v) is 1.10. The number of aliphatic imine (C=N–C) groups is 1. The van der Waals surface area contributed by atoms with E-state index in [2.05, 4.69) is 39.3 Å². The third-order valence-electron chi connectivity index (χ3n) is 1.46. The van der Waals surface area contributed by atoms with E-state index in [9.17, 15) is 0 Å². The first-order valence-corrected chi connectivity index (χ1v) is 4.57. The molecule has 1 rings (SSSR count). The molecule has 0 aliphatic rings. The lowest BCUT2D eigenvalue weighted by Gasteiger charge is -1.96. The molecule has 0 fully saturated rings. The number of aromatic nitrogens is 1. The van der Waals surface area contributed by atoms with Gasteiger partial charge in [0.15, 0.2) is 0 Å². The molecular formula is C9H9IN2. The first-order valence-electron chi connectivity index (χ1n) is 3.49. The standard InChI is InChI=1S/C9H9IN2/c1-7-4-3-5-12-8(7)6-9(10)11-2/h3-6H,2H2,1H3/b9-6-. The molecule has 1 aromatic heterocycles. The Morgan fingerprint density at radius 1 is 1.75 bits per heavy atom. The van der Waals surface area contributed by atoms with E-state index in [-0.39, 0.29) is 0 Å². The highest BCUT2D eigenvalue weighted by molar-refractivity contribution is 14.1. The van der Waals surface area contributed by atoms with E-state index >= 15 is 0 Å². The second kappa shape index (κ2) is 4.35. The van der Waals surface area contributed by atoms with Crippen molar-refractivity contribution in [1.29, 1.82) is 0 Å². The van der Waals surface area contributed by atoms with Crippen molar-refractivity contribution in [3.05, 3.63) is 33.3 Å². The quantitative estimate of drug-likeness (QED) is 0.461. The lowest BCUT2D eigenvalue weighted by atomic mass is 10.2. The highest BCUT2D eigenvalue weighted by atomic mass is 127. The molecule has 0 aliphatic carbocycles. The van der Waals surface area contributed by atoms with Crippen molar-refractivity contribution in [3.8, 4) is 0 Å². The zero-order valence-electron chi connectivity index (χ0n) is 6.79. The second-order valence-corrected chi connectivity index (χ2v) is 3.44. The van der Waals surface area contributed by atoms with Crippen LogP contribution in [0.2, 0.25) is 0 Å². The number of rotatable bonds is 2. The van der Waals surface area contributed by atoms with E-state index in [1.807, 2.05) is 25.1 Å². The van der Waals surface area contributed by atoms with Crippen LogP contribution in [-0.2, 0) is 0 Å². The molecule has 0 amide bonds. The van der Waals surface area contributed by atoms with Crippen molar-refractivity contribution in [2.24, 2.45) is 4.99 Å². The van der Waals surface area contributed by atoms with E-state index in [0.717, 1.165) is 15.0 Å². The SMILES string of the molecule is C=N/C(I)=C\c1ncccc1C. The minimum absolute atomic E-state index is 0.856. The molecule has 0 saturated carbocycles. The van der Waals surface area contributed by atoms with Crippen LogP contribution in [-0.4, -0.2) is 11.7 Å². The highest BCUT2D eigenvalue weighted by Gasteiger charge is 1.94. The Labute approximate surface area is 85.6 Å². The molecule has 0 bridgehead atoms. The second-order valence-electron chi connectivity index (χ2n) is 2.33. The van der Waals surface area contributed by atoms with Crippen molar-refractivity contribution in [2.75, 3.05) is 0 Å². The molecule has 12 heavy (non-hydrogen) atoms. The summed E-state index contributed by atoms with van der Waals surface area (Å²) in [5.41, 5.74) is 2.10. The van der Waals surface area contributed by atoms with Crippen LogP contribution < -0.4 is 0 Å². The van der Waals surface area contributed by atoms with Gasteiger partial charge in [-0.15, -0.1) is 0 Å². The molecule has 0 aromatic carbocycles. The Morgan fingerprint density at radius 3 is 3.08 bits per heavy atom. The molecule has 0 radical (unpaired) electrons. The van der Waals surface area contributed by atoms with Crippen LogP contribution in [0.5, 0.6) is 0 Å². The molecule has 62 valence electrons. The molecule has 3 heteroatoms. The number of nitrogens with zero attached hydrogens (tertiary/aromatic N) is 2. The summed E-state index contributed by atoms with van der Waals surface area (Å²) in [5.74, 6) is 0. The molecular weight excluding hydrogens is 263 g/mol. The van der Waals surface area contributed by atoms with Gasteiger partial charge in [-0.25, -0.2) is 0 Å². The van der Waals surface area contributed by atoms with Crippen molar-refractivity contribution in [3.63, 3.8) is 0 Å². The van der Waals surface area contributed by atoms with Gasteiger partial charge >= 0.3 is 0 Å². The van der Waals surface area contributed by atoms with Gasteiger partial charge in [-0.1, -0.05) is 6.07 Å². The molecule has 0 spiro atoms. The highest BCUT2D eigenvalue weighted by Crippen LogP contribution is 2.13. The monoisotopic (exact) mass is 272 g/mol. The Hall–Kier alpha value is -0.710. The van der Waals surface area contributed by atoms with E-state index in [0.29, 0.717) is 0 Å². The van der Waals surface area contributed by atoms with Crippen LogP contribution in [0.1, 0.15) is 11.3 Å². The Kier molecular flexibility index (Phi) is 3.40. The van der Waals surface area contributed by atoms with Crippen molar-refractivity contribution < 1.29 is 0 Å². The minimum Gasteiger partial charge on any atom is -0.258 e. The van der Waals surface area contributed by atoms with Crippen molar-refractivity contribution in [2.45, 2.75) is 6.92 Å². The number of aryl methyl sites for hydroxylation is 1. The Balaban J connectivity index is 3.04. The Morgan fingerprint density at radius 2 is 2.50 bits per heavy atom. The van der Waals surface area contributed by atoms with Crippen molar-refractivity contribution >= 4 is 35.4 Å². The van der Waals surface area contributed by atoms with Gasteiger partial charge in [-0.05, 0) is 53.9 Å². The largest absolute Gasteiger partial charge is 0.258 e. The summed E-state index contributed by atoms with van der Waals surface area (Å²) in [6.07, 6.45) is 3.68. The number of halogens is 1.